The van der Waals surface area contributed by atoms with Crippen LogP contribution in [0.2, 0.25) is 0 Å². The highest BCUT2D eigenvalue weighted by Crippen LogP contribution is 2.44. The van der Waals surface area contributed by atoms with Gasteiger partial charge in [-0.15, -0.1) is 6.58 Å². The summed E-state index contributed by atoms with van der Waals surface area (Å²) in [5.41, 5.74) is -0.0258. The third kappa shape index (κ3) is 5.94. The van der Waals surface area contributed by atoms with E-state index in [0.29, 0.717) is 0 Å². The summed E-state index contributed by atoms with van der Waals surface area (Å²) in [6.07, 6.45) is 22.0. The molecule has 136 valence electrons. The Morgan fingerprint density at radius 2 is 1.50 bits per heavy atom. The number of hydrogen-bond donors (Lipinski definition) is 0. The van der Waals surface area contributed by atoms with E-state index in [-0.39, 0.29) is 5.41 Å². The Labute approximate surface area is 150 Å². The number of allylic oxidation sites excluding steroid dienone is 1. The normalized spacial score (nSPS) is 33.8. The molecule has 2 saturated carbocycles. The van der Waals surface area contributed by atoms with Crippen molar-refractivity contribution < 1.29 is 0 Å². The van der Waals surface area contributed by atoms with Crippen molar-refractivity contribution in [1.82, 2.24) is 0 Å². The Morgan fingerprint density at radius 1 is 0.958 bits per heavy atom. The summed E-state index contributed by atoms with van der Waals surface area (Å²) in [7, 11) is 0. The molecule has 2 rings (SSSR count). The zero-order valence-corrected chi connectivity index (χ0v) is 16.1. The van der Waals surface area contributed by atoms with Crippen LogP contribution in [0.4, 0.5) is 0 Å². The largest absolute Gasteiger partial charge is 0.198 e. The molecule has 2 aliphatic rings. The van der Waals surface area contributed by atoms with Crippen LogP contribution in [-0.4, -0.2) is 0 Å². The highest BCUT2D eigenvalue weighted by atomic mass is 14.4. The van der Waals surface area contributed by atoms with Gasteiger partial charge in [0.25, 0.3) is 0 Å². The van der Waals surface area contributed by atoms with Gasteiger partial charge in [-0.3, -0.25) is 0 Å². The van der Waals surface area contributed by atoms with Gasteiger partial charge in [0, 0.05) is 0 Å². The summed E-state index contributed by atoms with van der Waals surface area (Å²) >= 11 is 0. The van der Waals surface area contributed by atoms with Gasteiger partial charge in [0.1, 0.15) is 0 Å². The van der Waals surface area contributed by atoms with Crippen molar-refractivity contribution in [1.29, 1.82) is 5.26 Å². The second-order valence-corrected chi connectivity index (χ2v) is 8.77. The smallest absolute Gasteiger partial charge is 0.0689 e. The van der Waals surface area contributed by atoms with Crippen molar-refractivity contribution >= 4 is 0 Å². The van der Waals surface area contributed by atoms with Gasteiger partial charge in [-0.1, -0.05) is 70.8 Å². The molecule has 0 bridgehead atoms. The number of rotatable bonds is 9. The van der Waals surface area contributed by atoms with Crippen molar-refractivity contribution in [3.63, 3.8) is 0 Å². The van der Waals surface area contributed by atoms with Crippen LogP contribution >= 0.6 is 0 Å². The fourth-order valence-electron chi connectivity index (χ4n) is 5.09. The molecule has 0 spiro atoms. The number of hydrogen-bond acceptors (Lipinski definition) is 1. The Bertz CT molecular complexity index is 389. The third-order valence-electron chi connectivity index (χ3n) is 7.04. The molecule has 0 atom stereocenters. The van der Waals surface area contributed by atoms with Crippen LogP contribution in [0.5, 0.6) is 0 Å². The first-order valence-electron chi connectivity index (χ1n) is 10.7. The van der Waals surface area contributed by atoms with E-state index in [4.69, 9.17) is 0 Å². The maximum Gasteiger partial charge on any atom is 0.0689 e. The molecule has 2 fully saturated rings. The van der Waals surface area contributed by atoms with Crippen LogP contribution in [0, 0.1) is 34.5 Å². The van der Waals surface area contributed by atoms with Gasteiger partial charge in [-0.05, 0) is 56.3 Å². The molecule has 0 amide bonds. The van der Waals surface area contributed by atoms with E-state index in [1.165, 1.54) is 70.6 Å². The maximum absolute atomic E-state index is 9.59. The standard InChI is InChI=1S/C23H39N/c1-3-5-7-20-8-10-21(11-9-20)12-13-22-14-17-23(19-24,18-15-22)16-6-4-2/h4,20-22H,2-3,5-18H2,1H3. The molecule has 0 N–H and O–H groups in total. The molecule has 0 saturated heterocycles. The van der Waals surface area contributed by atoms with Crippen LogP contribution in [-0.2, 0) is 0 Å². The quantitative estimate of drug-likeness (QED) is 0.403. The average Bonchev–Trinajstić information content (AvgIpc) is 2.65. The molecule has 24 heavy (non-hydrogen) atoms. The fraction of sp³-hybridized carbons (Fsp3) is 0.870. The summed E-state index contributed by atoms with van der Waals surface area (Å²) in [6.45, 7) is 6.13. The second-order valence-electron chi connectivity index (χ2n) is 8.77. The molecule has 0 heterocycles. The third-order valence-corrected chi connectivity index (χ3v) is 7.04. The summed E-state index contributed by atoms with van der Waals surface area (Å²) < 4.78 is 0. The van der Waals surface area contributed by atoms with E-state index in [9.17, 15) is 5.26 Å². The first-order chi connectivity index (χ1) is 11.7. The average molecular weight is 330 g/mol. The van der Waals surface area contributed by atoms with E-state index < -0.39 is 0 Å². The molecular formula is C23H39N. The van der Waals surface area contributed by atoms with Gasteiger partial charge in [0.05, 0.1) is 11.5 Å². The lowest BCUT2D eigenvalue weighted by atomic mass is 9.67. The first kappa shape index (κ1) is 19.6. The van der Waals surface area contributed by atoms with Crippen LogP contribution in [0.1, 0.15) is 103 Å². The molecule has 0 unspecified atom stereocenters. The monoisotopic (exact) mass is 329 g/mol. The van der Waals surface area contributed by atoms with Gasteiger partial charge in [0.15, 0.2) is 0 Å². The molecule has 1 nitrogen and oxygen atoms in total. The van der Waals surface area contributed by atoms with Gasteiger partial charge < -0.3 is 0 Å². The van der Waals surface area contributed by atoms with Gasteiger partial charge >= 0.3 is 0 Å². The SMILES string of the molecule is C=CCCC1(C#N)CCC(CCC2CCC(CCCC)CC2)CC1. The summed E-state index contributed by atoms with van der Waals surface area (Å²) in [6, 6.07) is 2.65. The first-order valence-corrected chi connectivity index (χ1v) is 10.7. The highest BCUT2D eigenvalue weighted by Gasteiger charge is 2.34. The molecule has 0 aliphatic heterocycles. The molecule has 0 radical (unpaired) electrons. The van der Waals surface area contributed by atoms with Crippen LogP contribution in [0.15, 0.2) is 12.7 Å². The van der Waals surface area contributed by atoms with Gasteiger partial charge in [0.2, 0.25) is 0 Å². The van der Waals surface area contributed by atoms with Crippen LogP contribution in [0.25, 0.3) is 0 Å². The predicted octanol–water partition coefficient (Wildman–Crippen LogP) is 7.43. The highest BCUT2D eigenvalue weighted by molar-refractivity contribution is 5.02. The lowest BCUT2D eigenvalue weighted by Gasteiger charge is -2.36. The van der Waals surface area contributed by atoms with E-state index in [1.54, 1.807) is 0 Å². The summed E-state index contributed by atoms with van der Waals surface area (Å²) in [5.74, 6) is 2.94. The van der Waals surface area contributed by atoms with Crippen molar-refractivity contribution in [3.05, 3.63) is 12.7 Å². The van der Waals surface area contributed by atoms with Crippen molar-refractivity contribution in [3.8, 4) is 6.07 Å². The lowest BCUT2D eigenvalue weighted by molar-refractivity contribution is 0.174. The van der Waals surface area contributed by atoms with E-state index in [2.05, 4.69) is 19.6 Å². The summed E-state index contributed by atoms with van der Waals surface area (Å²) in [4.78, 5) is 0. The van der Waals surface area contributed by atoms with E-state index in [0.717, 1.165) is 43.4 Å². The fourth-order valence-corrected chi connectivity index (χ4v) is 5.09. The van der Waals surface area contributed by atoms with Crippen molar-refractivity contribution in [2.24, 2.45) is 23.2 Å². The molecule has 0 aromatic carbocycles. The number of unbranched alkanes of at least 4 members (excludes halogenated alkanes) is 1. The topological polar surface area (TPSA) is 23.8 Å². The number of nitriles is 1. The van der Waals surface area contributed by atoms with Crippen molar-refractivity contribution in [2.75, 3.05) is 0 Å². The molecular weight excluding hydrogens is 290 g/mol. The minimum Gasteiger partial charge on any atom is -0.198 e. The lowest BCUT2D eigenvalue weighted by Crippen LogP contribution is -2.26. The van der Waals surface area contributed by atoms with Crippen LogP contribution in [0.3, 0.4) is 0 Å². The number of nitrogens with zero attached hydrogens (tertiary/aromatic N) is 1. The predicted molar refractivity (Wildman–Crippen MR) is 104 cm³/mol. The van der Waals surface area contributed by atoms with Gasteiger partial charge in [-0.25, -0.2) is 0 Å². The molecule has 2 aliphatic carbocycles. The Balaban J connectivity index is 1.63. The molecule has 0 aromatic heterocycles. The van der Waals surface area contributed by atoms with Gasteiger partial charge in [-0.2, -0.15) is 5.26 Å². The van der Waals surface area contributed by atoms with Crippen LogP contribution < -0.4 is 0 Å². The maximum atomic E-state index is 9.59. The Hall–Kier alpha value is -0.770. The minimum absolute atomic E-state index is 0.0258. The summed E-state index contributed by atoms with van der Waals surface area (Å²) in [5, 5.41) is 9.59. The molecule has 0 aromatic rings. The van der Waals surface area contributed by atoms with E-state index in [1.807, 2.05) is 6.08 Å². The molecule has 1 heteroatoms. The second kappa shape index (κ2) is 10.3. The Kier molecular flexibility index (Phi) is 8.37. The van der Waals surface area contributed by atoms with E-state index >= 15 is 0 Å². The Morgan fingerprint density at radius 3 is 2.00 bits per heavy atom. The van der Waals surface area contributed by atoms with Crippen molar-refractivity contribution in [2.45, 2.75) is 103 Å². The minimum atomic E-state index is -0.0258. The zero-order valence-electron chi connectivity index (χ0n) is 16.1. The zero-order chi connectivity index (χ0) is 17.3.